The van der Waals surface area contributed by atoms with Gasteiger partial charge in [-0.2, -0.15) is 5.10 Å². The van der Waals surface area contributed by atoms with Crippen LogP contribution in [-0.2, 0) is 35.4 Å². The molecule has 0 unspecified atom stereocenters. The van der Waals surface area contributed by atoms with Gasteiger partial charge in [-0.15, -0.1) is 0 Å². The highest BCUT2D eigenvalue weighted by atomic mass is 79.9. The van der Waals surface area contributed by atoms with Crippen molar-refractivity contribution in [3.8, 4) is 28.3 Å². The first-order valence-electron chi connectivity index (χ1n) is 12.9. The second-order valence-electron chi connectivity index (χ2n) is 9.29. The molecule has 3 aromatic carbocycles. The fraction of sp³-hybridized carbons (Fsp3) is 0.258. The molecule has 0 saturated heterocycles. The van der Waals surface area contributed by atoms with E-state index in [0.29, 0.717) is 35.7 Å². The summed E-state index contributed by atoms with van der Waals surface area (Å²) in [6, 6.07) is 23.4. The van der Waals surface area contributed by atoms with Crippen LogP contribution in [0.15, 0.2) is 77.3 Å². The topological polar surface area (TPSA) is 102 Å². The molecule has 0 radical (unpaired) electrons. The summed E-state index contributed by atoms with van der Waals surface area (Å²) < 4.78 is 8.94. The summed E-state index contributed by atoms with van der Waals surface area (Å²) in [5.74, 6) is -1.27. The van der Waals surface area contributed by atoms with Crippen LogP contribution in [0, 0.1) is 0 Å². The molecular weight excluding hydrogens is 560 g/mol. The van der Waals surface area contributed by atoms with Crippen molar-refractivity contribution < 1.29 is 24.5 Å². The van der Waals surface area contributed by atoms with Crippen LogP contribution in [0.3, 0.4) is 0 Å². The molecule has 2 N–H and O–H groups in total. The molecule has 4 rings (SSSR count). The van der Waals surface area contributed by atoms with E-state index >= 15 is 0 Å². The van der Waals surface area contributed by atoms with Crippen LogP contribution in [0.5, 0.6) is 5.75 Å². The van der Waals surface area contributed by atoms with Gasteiger partial charge in [0.05, 0.1) is 24.4 Å². The molecule has 0 fully saturated rings. The highest BCUT2D eigenvalue weighted by Gasteiger charge is 2.24. The number of carboxylic acid groups (broad SMARTS) is 2. The van der Waals surface area contributed by atoms with Gasteiger partial charge in [-0.1, -0.05) is 71.4 Å². The molecule has 0 aliphatic heterocycles. The third-order valence-electron chi connectivity index (χ3n) is 6.31. The van der Waals surface area contributed by atoms with E-state index in [1.54, 1.807) is 12.1 Å². The van der Waals surface area contributed by atoms with E-state index in [2.05, 4.69) is 28.1 Å². The Kier molecular flexibility index (Phi) is 9.54. The monoisotopic (exact) mass is 590 g/mol. The highest BCUT2D eigenvalue weighted by molar-refractivity contribution is 9.10. The predicted molar refractivity (Wildman–Crippen MR) is 154 cm³/mol. The van der Waals surface area contributed by atoms with Gasteiger partial charge < -0.3 is 14.9 Å². The van der Waals surface area contributed by atoms with E-state index in [1.165, 1.54) is 5.56 Å². The summed E-state index contributed by atoms with van der Waals surface area (Å²) in [4.78, 5) is 23.0. The maximum absolute atomic E-state index is 11.7. The summed E-state index contributed by atoms with van der Waals surface area (Å²) >= 11 is 3.57. The van der Waals surface area contributed by atoms with Gasteiger partial charge in [0.1, 0.15) is 5.75 Å². The number of carboxylic acids is 2. The fourth-order valence-corrected chi connectivity index (χ4v) is 4.96. The molecule has 7 nitrogen and oxygen atoms in total. The van der Waals surface area contributed by atoms with Crippen LogP contribution in [0.25, 0.3) is 22.5 Å². The lowest BCUT2D eigenvalue weighted by atomic mass is 9.96. The number of carbonyl (C=O) groups is 2. The molecule has 0 spiro atoms. The molecule has 0 saturated carbocycles. The fourth-order valence-electron chi connectivity index (χ4n) is 4.56. The molecule has 1 heterocycles. The smallest absolute Gasteiger partial charge is 0.307 e. The van der Waals surface area contributed by atoms with Gasteiger partial charge in [-0.3, -0.25) is 14.3 Å². The molecule has 39 heavy (non-hydrogen) atoms. The zero-order chi connectivity index (χ0) is 27.8. The van der Waals surface area contributed by atoms with Gasteiger partial charge in [-0.05, 0) is 54.7 Å². The molecule has 0 aliphatic carbocycles. The number of rotatable bonds is 13. The van der Waals surface area contributed by atoms with Crippen LogP contribution in [-0.4, -0.2) is 38.5 Å². The van der Waals surface area contributed by atoms with Gasteiger partial charge in [0, 0.05) is 34.1 Å². The summed E-state index contributed by atoms with van der Waals surface area (Å²) in [5, 5.41) is 23.9. The lowest BCUT2D eigenvalue weighted by Gasteiger charge is -2.13. The van der Waals surface area contributed by atoms with E-state index in [9.17, 15) is 19.8 Å². The van der Waals surface area contributed by atoms with E-state index in [0.717, 1.165) is 34.1 Å². The van der Waals surface area contributed by atoms with Crippen LogP contribution in [0.1, 0.15) is 36.5 Å². The number of nitrogens with zero attached hydrogens (tertiary/aromatic N) is 2. The molecular formula is C31H31BrN2O5. The lowest BCUT2D eigenvalue weighted by Crippen LogP contribution is -2.06. The van der Waals surface area contributed by atoms with Gasteiger partial charge in [-0.25, -0.2) is 0 Å². The van der Waals surface area contributed by atoms with Crippen LogP contribution in [0.2, 0.25) is 0 Å². The van der Waals surface area contributed by atoms with Crippen molar-refractivity contribution in [3.05, 3.63) is 94.0 Å². The van der Waals surface area contributed by atoms with E-state index in [1.807, 2.05) is 60.1 Å². The van der Waals surface area contributed by atoms with E-state index in [4.69, 9.17) is 9.84 Å². The molecule has 0 amide bonds. The Morgan fingerprint density at radius 3 is 2.41 bits per heavy atom. The van der Waals surface area contributed by atoms with Crippen LogP contribution >= 0.6 is 15.9 Å². The predicted octanol–water partition coefficient (Wildman–Crippen LogP) is 6.66. The number of hydrogen-bond donors (Lipinski definition) is 2. The minimum atomic E-state index is -0.923. The average molecular weight is 592 g/mol. The lowest BCUT2D eigenvalue weighted by molar-refractivity contribution is -0.137. The molecule has 4 aromatic rings. The van der Waals surface area contributed by atoms with Gasteiger partial charge >= 0.3 is 11.9 Å². The minimum Gasteiger partial charge on any atom is -0.493 e. The number of aryl methyl sites for hydroxylation is 2. The van der Waals surface area contributed by atoms with Crippen LogP contribution < -0.4 is 4.74 Å². The minimum absolute atomic E-state index is 0.0549. The van der Waals surface area contributed by atoms with Crippen molar-refractivity contribution in [2.24, 2.45) is 0 Å². The Morgan fingerprint density at radius 2 is 1.72 bits per heavy atom. The van der Waals surface area contributed by atoms with Crippen molar-refractivity contribution in [1.82, 2.24) is 9.78 Å². The SMILES string of the molecule is CCCOc1cc(CC(=O)O)ccc1-c1nn(CCc2ccccc2)c(-c2cccc(Br)c2)c1CCC(=O)O. The molecule has 0 aliphatic rings. The third-order valence-corrected chi connectivity index (χ3v) is 6.80. The summed E-state index contributed by atoms with van der Waals surface area (Å²) in [6.45, 7) is 3.05. The Labute approximate surface area is 236 Å². The van der Waals surface area contributed by atoms with Crippen molar-refractivity contribution in [2.75, 3.05) is 6.61 Å². The Bertz CT molecular complexity index is 1450. The van der Waals surface area contributed by atoms with Gasteiger partial charge in [0.15, 0.2) is 0 Å². The molecule has 1 aromatic heterocycles. The second kappa shape index (κ2) is 13.2. The second-order valence-corrected chi connectivity index (χ2v) is 10.2. The first-order chi connectivity index (χ1) is 18.9. The van der Waals surface area contributed by atoms with Crippen LogP contribution in [0.4, 0.5) is 0 Å². The third kappa shape index (κ3) is 7.35. The molecule has 0 bridgehead atoms. The van der Waals surface area contributed by atoms with Gasteiger partial charge in [0.2, 0.25) is 0 Å². The number of hydrogen-bond acceptors (Lipinski definition) is 4. The summed E-state index contributed by atoms with van der Waals surface area (Å²) in [6.07, 6.45) is 1.63. The van der Waals surface area contributed by atoms with Crippen molar-refractivity contribution in [1.29, 1.82) is 0 Å². The zero-order valence-electron chi connectivity index (χ0n) is 21.8. The first-order valence-corrected chi connectivity index (χ1v) is 13.7. The maximum atomic E-state index is 11.7. The zero-order valence-corrected chi connectivity index (χ0v) is 23.4. The normalized spacial score (nSPS) is 10.9. The number of benzene rings is 3. The summed E-state index contributed by atoms with van der Waals surface area (Å²) in [5.41, 5.74) is 5.76. The Balaban J connectivity index is 1.90. The molecule has 0 atom stereocenters. The average Bonchev–Trinajstić information content (AvgIpc) is 3.28. The van der Waals surface area contributed by atoms with E-state index < -0.39 is 11.9 Å². The number of ether oxygens (including phenoxy) is 1. The molecule has 202 valence electrons. The van der Waals surface area contributed by atoms with Crippen molar-refractivity contribution in [3.63, 3.8) is 0 Å². The van der Waals surface area contributed by atoms with Gasteiger partial charge in [0.25, 0.3) is 0 Å². The quantitative estimate of drug-likeness (QED) is 0.181. The summed E-state index contributed by atoms with van der Waals surface area (Å²) in [7, 11) is 0. The molecule has 8 heteroatoms. The largest absolute Gasteiger partial charge is 0.493 e. The Morgan fingerprint density at radius 1 is 0.923 bits per heavy atom. The Hall–Kier alpha value is -3.91. The van der Waals surface area contributed by atoms with Crippen molar-refractivity contribution in [2.45, 2.75) is 45.6 Å². The standard InChI is InChI=1S/C31H31BrN2O5/c1-2-17-39-27-18-22(19-29(37)38)11-12-25(27)30-26(13-14-28(35)36)31(23-9-6-10-24(32)20-23)34(33-30)16-15-21-7-4-3-5-8-21/h3-12,18,20H,2,13-17,19H2,1H3,(H,35,36)(H,37,38). The first kappa shape index (κ1) is 28.1. The van der Waals surface area contributed by atoms with Crippen molar-refractivity contribution >= 4 is 27.9 Å². The number of halogens is 1. The maximum Gasteiger partial charge on any atom is 0.307 e. The number of aliphatic carboxylic acids is 2. The highest BCUT2D eigenvalue weighted by Crippen LogP contribution is 2.39. The number of aromatic nitrogens is 2. The van der Waals surface area contributed by atoms with E-state index in [-0.39, 0.29) is 19.3 Å².